The maximum Gasteiger partial charge on any atom is 0.322 e. The number of hydrogen-bond acceptors (Lipinski definition) is 3. The molecule has 1 saturated heterocycles. The number of morpholine rings is 1. The van der Waals surface area contributed by atoms with Gasteiger partial charge in [0.1, 0.15) is 5.82 Å². The molecule has 1 aliphatic heterocycles. The Balaban J connectivity index is 1.97. The largest absolute Gasteiger partial charge is 0.481 e. The third-order valence-electron chi connectivity index (χ3n) is 3.00. The predicted molar refractivity (Wildman–Crippen MR) is 81.7 cm³/mol. The summed E-state index contributed by atoms with van der Waals surface area (Å²) in [4.78, 5) is 24.3. The summed E-state index contributed by atoms with van der Waals surface area (Å²) >= 11 is 1.93. The molecule has 21 heavy (non-hydrogen) atoms. The minimum Gasteiger partial charge on any atom is -0.481 e. The van der Waals surface area contributed by atoms with E-state index in [1.54, 1.807) is 0 Å². The van der Waals surface area contributed by atoms with Crippen LogP contribution in [0.1, 0.15) is 6.42 Å². The van der Waals surface area contributed by atoms with Gasteiger partial charge >= 0.3 is 12.0 Å². The third-order valence-corrected chi connectivity index (χ3v) is 3.89. The van der Waals surface area contributed by atoms with Gasteiger partial charge in [-0.1, -0.05) is 0 Å². The number of carboxylic acids is 1. The van der Waals surface area contributed by atoms with Crippen molar-refractivity contribution >= 4 is 40.3 Å². The molecule has 8 heteroatoms. The normalized spacial score (nSPS) is 18.4. The minimum atomic E-state index is -0.963. The topological polar surface area (TPSA) is 78.9 Å². The van der Waals surface area contributed by atoms with Crippen LogP contribution in [-0.2, 0) is 9.53 Å². The molecule has 0 radical (unpaired) electrons. The molecule has 1 aromatic rings. The van der Waals surface area contributed by atoms with E-state index in [9.17, 15) is 14.0 Å². The average Bonchev–Trinajstić information content (AvgIpc) is 2.41. The summed E-state index contributed by atoms with van der Waals surface area (Å²) in [6, 6.07) is 3.73. The average molecular weight is 408 g/mol. The molecule has 1 aliphatic rings. The van der Waals surface area contributed by atoms with Crippen LogP contribution in [0, 0.1) is 9.39 Å². The number of benzene rings is 1. The highest BCUT2D eigenvalue weighted by Crippen LogP contribution is 2.20. The summed E-state index contributed by atoms with van der Waals surface area (Å²) in [6.07, 6.45) is -0.646. The van der Waals surface area contributed by atoms with Gasteiger partial charge in [-0.2, -0.15) is 0 Å². The summed E-state index contributed by atoms with van der Waals surface area (Å²) in [6.45, 7) is 0.904. The number of aliphatic carboxylic acids is 1. The number of halogens is 2. The molecule has 1 fully saturated rings. The van der Waals surface area contributed by atoms with Crippen molar-refractivity contribution in [3.63, 3.8) is 0 Å². The van der Waals surface area contributed by atoms with Gasteiger partial charge in [0.2, 0.25) is 0 Å². The highest BCUT2D eigenvalue weighted by Gasteiger charge is 2.26. The maximum absolute atomic E-state index is 13.0. The molecule has 0 bridgehead atoms. The third kappa shape index (κ3) is 4.53. The van der Waals surface area contributed by atoms with Gasteiger partial charge < -0.3 is 20.1 Å². The lowest BCUT2D eigenvalue weighted by Crippen LogP contribution is -2.48. The number of amides is 2. The van der Waals surface area contributed by atoms with Crippen molar-refractivity contribution in [2.24, 2.45) is 0 Å². The Bertz CT molecular complexity index is 555. The van der Waals surface area contributed by atoms with Crippen molar-refractivity contribution in [2.75, 3.05) is 25.0 Å². The Kier molecular flexibility index (Phi) is 5.34. The van der Waals surface area contributed by atoms with Crippen molar-refractivity contribution in [1.29, 1.82) is 0 Å². The van der Waals surface area contributed by atoms with E-state index in [2.05, 4.69) is 5.32 Å². The van der Waals surface area contributed by atoms with Crippen LogP contribution in [0.4, 0.5) is 14.9 Å². The molecule has 0 saturated carbocycles. The summed E-state index contributed by atoms with van der Waals surface area (Å²) in [5.41, 5.74) is 0.517. The van der Waals surface area contributed by atoms with E-state index in [0.29, 0.717) is 22.4 Å². The molecule has 1 aromatic carbocycles. The van der Waals surface area contributed by atoms with Gasteiger partial charge in [0, 0.05) is 16.7 Å². The van der Waals surface area contributed by atoms with Gasteiger partial charge in [-0.15, -0.1) is 0 Å². The number of carbonyl (C=O) groups is 2. The fourth-order valence-corrected chi connectivity index (χ4v) is 2.62. The molecular weight excluding hydrogens is 394 g/mol. The Morgan fingerprint density at radius 1 is 1.52 bits per heavy atom. The van der Waals surface area contributed by atoms with Crippen LogP contribution in [0.5, 0.6) is 0 Å². The van der Waals surface area contributed by atoms with Crippen molar-refractivity contribution in [3.05, 3.63) is 27.6 Å². The monoisotopic (exact) mass is 408 g/mol. The van der Waals surface area contributed by atoms with Crippen LogP contribution in [0.15, 0.2) is 18.2 Å². The number of hydrogen-bond donors (Lipinski definition) is 2. The maximum atomic E-state index is 13.0. The molecule has 2 rings (SSSR count). The van der Waals surface area contributed by atoms with Crippen molar-refractivity contribution < 1.29 is 23.8 Å². The first-order chi connectivity index (χ1) is 9.95. The molecule has 0 aromatic heterocycles. The zero-order chi connectivity index (χ0) is 15.4. The molecule has 1 unspecified atom stereocenters. The minimum absolute atomic E-state index is 0.141. The number of ether oxygens (including phenoxy) is 1. The molecule has 2 N–H and O–H groups in total. The number of rotatable bonds is 3. The number of anilines is 1. The fraction of sp³-hybridized carbons (Fsp3) is 0.385. The van der Waals surface area contributed by atoms with E-state index in [1.165, 1.54) is 23.1 Å². The van der Waals surface area contributed by atoms with Gasteiger partial charge in [-0.05, 0) is 40.8 Å². The Labute approximate surface area is 134 Å². The van der Waals surface area contributed by atoms with E-state index in [-0.39, 0.29) is 24.8 Å². The van der Waals surface area contributed by atoms with Crippen LogP contribution < -0.4 is 5.32 Å². The van der Waals surface area contributed by atoms with Crippen LogP contribution in [0.25, 0.3) is 0 Å². The lowest BCUT2D eigenvalue weighted by molar-refractivity contribution is -0.141. The zero-order valence-corrected chi connectivity index (χ0v) is 13.2. The fourth-order valence-electron chi connectivity index (χ4n) is 2.01. The summed E-state index contributed by atoms with van der Waals surface area (Å²) in [5.74, 6) is -1.33. The second kappa shape index (κ2) is 7.03. The van der Waals surface area contributed by atoms with E-state index in [1.807, 2.05) is 22.6 Å². The van der Waals surface area contributed by atoms with Crippen LogP contribution >= 0.6 is 22.6 Å². The lowest BCUT2D eigenvalue weighted by Gasteiger charge is -2.32. The Morgan fingerprint density at radius 3 is 2.95 bits per heavy atom. The molecular formula is C13H14FIN2O4. The molecule has 6 nitrogen and oxygen atoms in total. The second-order valence-corrected chi connectivity index (χ2v) is 5.75. The number of nitrogens with one attached hydrogen (secondary N) is 1. The first-order valence-electron chi connectivity index (χ1n) is 6.30. The Morgan fingerprint density at radius 2 is 2.29 bits per heavy atom. The summed E-state index contributed by atoms with van der Waals surface area (Å²) in [5, 5.41) is 11.4. The van der Waals surface area contributed by atoms with E-state index in [0.717, 1.165) is 0 Å². The predicted octanol–water partition coefficient (Wildman–Crippen LogP) is 2.14. The molecule has 1 atom stereocenters. The zero-order valence-electron chi connectivity index (χ0n) is 11.0. The Hall–Kier alpha value is -1.42. The van der Waals surface area contributed by atoms with E-state index in [4.69, 9.17) is 9.84 Å². The summed E-state index contributed by atoms with van der Waals surface area (Å²) < 4.78 is 18.9. The van der Waals surface area contributed by atoms with Gasteiger partial charge in [0.25, 0.3) is 0 Å². The number of nitrogens with zero attached hydrogens (tertiary/aromatic N) is 1. The number of carbonyl (C=O) groups excluding carboxylic acids is 1. The van der Waals surface area contributed by atoms with Gasteiger partial charge in [-0.25, -0.2) is 9.18 Å². The van der Waals surface area contributed by atoms with Crippen LogP contribution in [0.3, 0.4) is 0 Å². The first-order valence-corrected chi connectivity index (χ1v) is 7.38. The molecule has 0 aliphatic carbocycles. The molecule has 2 amide bonds. The molecule has 1 heterocycles. The first kappa shape index (κ1) is 16.0. The lowest BCUT2D eigenvalue weighted by atomic mass is 10.2. The second-order valence-electron chi connectivity index (χ2n) is 4.59. The molecule has 0 spiro atoms. The van der Waals surface area contributed by atoms with Crippen molar-refractivity contribution in [2.45, 2.75) is 12.5 Å². The molecule has 114 valence electrons. The number of carboxylic acid groups (broad SMARTS) is 1. The number of urea groups is 1. The smallest absolute Gasteiger partial charge is 0.322 e. The highest BCUT2D eigenvalue weighted by atomic mass is 127. The highest BCUT2D eigenvalue weighted by molar-refractivity contribution is 14.1. The van der Waals surface area contributed by atoms with Crippen LogP contribution in [-0.4, -0.2) is 47.8 Å². The summed E-state index contributed by atoms with van der Waals surface area (Å²) in [7, 11) is 0. The van der Waals surface area contributed by atoms with Gasteiger partial charge in [-0.3, -0.25) is 4.79 Å². The van der Waals surface area contributed by atoms with E-state index >= 15 is 0 Å². The van der Waals surface area contributed by atoms with Gasteiger partial charge in [0.05, 0.1) is 24.8 Å². The van der Waals surface area contributed by atoms with Gasteiger partial charge in [0.15, 0.2) is 0 Å². The van der Waals surface area contributed by atoms with E-state index < -0.39 is 12.1 Å². The van der Waals surface area contributed by atoms with Crippen molar-refractivity contribution in [1.82, 2.24) is 4.90 Å². The van der Waals surface area contributed by atoms with Crippen LogP contribution in [0.2, 0.25) is 0 Å². The quantitative estimate of drug-likeness (QED) is 0.752. The SMILES string of the molecule is O=C(O)CC1CN(C(=O)Nc2ccc(F)cc2I)CCO1. The van der Waals surface area contributed by atoms with Crippen molar-refractivity contribution in [3.8, 4) is 0 Å². The standard InChI is InChI=1S/C13H14FIN2O4/c14-8-1-2-11(10(15)5-8)16-13(20)17-3-4-21-9(7-17)6-12(18)19/h1-2,5,9H,3-4,6-7H2,(H,16,20)(H,18,19).